The van der Waals surface area contributed by atoms with Crippen LogP contribution in [0.3, 0.4) is 0 Å². The van der Waals surface area contributed by atoms with Crippen LogP contribution in [0, 0.1) is 0 Å². The maximum atomic E-state index is 13.4. The van der Waals surface area contributed by atoms with Crippen molar-refractivity contribution >= 4 is 46.8 Å². The fraction of sp³-hybridized carbons (Fsp3) is 0.267. The number of ether oxygens (including phenoxy) is 4. The number of hydrogen-bond donors (Lipinski definition) is 2. The number of rotatable bonds is 14. The Hall–Kier alpha value is -4.54. The minimum Gasteiger partial charge on any atom is -0.458 e. The highest BCUT2D eigenvalue weighted by molar-refractivity contribution is 6.16. The van der Waals surface area contributed by atoms with E-state index in [-0.39, 0.29) is 33.4 Å². The van der Waals surface area contributed by atoms with Crippen molar-refractivity contribution in [1.82, 2.24) is 0 Å². The van der Waals surface area contributed by atoms with Gasteiger partial charge in [-0.15, -0.1) is 0 Å². The zero-order valence-electron chi connectivity index (χ0n) is 22.4. The Morgan fingerprint density at radius 3 is 1.38 bits per heavy atom. The maximum Gasteiger partial charge on any atom is 0.339 e. The smallest absolute Gasteiger partial charge is 0.339 e. The summed E-state index contributed by atoms with van der Waals surface area (Å²) in [6, 6.07) is 6.44. The molecule has 0 heterocycles. The zero-order valence-corrected chi connectivity index (χ0v) is 22.4. The average Bonchev–Trinajstić information content (AvgIpc) is 2.94. The largest absolute Gasteiger partial charge is 0.458 e. The monoisotopic (exact) mass is 552 g/mol. The van der Waals surface area contributed by atoms with E-state index in [0.717, 1.165) is 0 Å². The molecular formula is C30H32O10. The Morgan fingerprint density at radius 1 is 0.750 bits per heavy atom. The van der Waals surface area contributed by atoms with Crippen LogP contribution >= 0.6 is 0 Å². The molecule has 10 nitrogen and oxygen atoms in total. The summed E-state index contributed by atoms with van der Waals surface area (Å²) in [4.78, 5) is 50.2. The van der Waals surface area contributed by atoms with E-state index in [1.165, 1.54) is 26.0 Å². The molecule has 2 rings (SSSR count). The summed E-state index contributed by atoms with van der Waals surface area (Å²) >= 11 is 0. The first-order valence-electron chi connectivity index (χ1n) is 12.1. The Bertz CT molecular complexity index is 1250. The van der Waals surface area contributed by atoms with Crippen LogP contribution in [0.1, 0.15) is 45.7 Å². The highest BCUT2D eigenvalue weighted by Crippen LogP contribution is 2.34. The third-order valence-electron chi connectivity index (χ3n) is 5.56. The van der Waals surface area contributed by atoms with E-state index in [4.69, 9.17) is 18.9 Å². The Morgan fingerprint density at radius 2 is 1.10 bits per heavy atom. The first-order valence-corrected chi connectivity index (χ1v) is 12.1. The Kier molecular flexibility index (Phi) is 11.5. The van der Waals surface area contributed by atoms with Crippen molar-refractivity contribution in [3.63, 3.8) is 0 Å². The lowest BCUT2D eigenvalue weighted by atomic mass is 9.88. The van der Waals surface area contributed by atoms with Crippen molar-refractivity contribution < 1.29 is 48.3 Å². The summed E-state index contributed by atoms with van der Waals surface area (Å²) in [6.45, 7) is 15.3. The van der Waals surface area contributed by atoms with Crippen molar-refractivity contribution in [2.24, 2.45) is 0 Å². The van der Waals surface area contributed by atoms with Crippen LogP contribution in [-0.4, -0.2) is 72.7 Å². The molecule has 10 heteroatoms. The molecule has 2 unspecified atom stereocenters. The molecule has 2 N–H and O–H groups in total. The second-order valence-corrected chi connectivity index (χ2v) is 8.71. The molecule has 40 heavy (non-hydrogen) atoms. The SMILES string of the molecule is C=Cc1c(C=C)c(C(=O)OC(CO)COC(=O)C(=C)C)c2ccccc2c1C(=O)OC(CO)COC(=O)C(=C)C. The molecule has 212 valence electrons. The van der Waals surface area contributed by atoms with E-state index in [9.17, 15) is 29.4 Å². The lowest BCUT2D eigenvalue weighted by Crippen LogP contribution is -2.30. The molecular weight excluding hydrogens is 520 g/mol. The van der Waals surface area contributed by atoms with Gasteiger partial charge in [0.25, 0.3) is 0 Å². The van der Waals surface area contributed by atoms with E-state index in [0.29, 0.717) is 10.8 Å². The van der Waals surface area contributed by atoms with E-state index < -0.39 is 62.5 Å². The normalized spacial score (nSPS) is 12.0. The van der Waals surface area contributed by atoms with E-state index >= 15 is 0 Å². The van der Waals surface area contributed by atoms with Crippen LogP contribution in [0.2, 0.25) is 0 Å². The minimum absolute atomic E-state index is 0.0239. The number of aliphatic hydroxyl groups excluding tert-OH is 2. The summed E-state index contributed by atoms with van der Waals surface area (Å²) < 4.78 is 20.9. The number of carbonyl (C=O) groups excluding carboxylic acids is 4. The third-order valence-corrected chi connectivity index (χ3v) is 5.56. The number of hydrogen-bond acceptors (Lipinski definition) is 10. The second-order valence-electron chi connectivity index (χ2n) is 8.71. The standard InChI is InChI=1S/C30H32O10/c1-7-21-22(8-2)26(30(36)40-20(14-32)16-38-28(34)18(5)6)24-12-10-9-11-23(24)25(21)29(35)39-19(13-31)15-37-27(33)17(3)4/h7-12,19-20,31-32H,1-3,5,13-16H2,4,6H3. The van der Waals surface area contributed by atoms with Gasteiger partial charge in [-0.2, -0.15) is 0 Å². The molecule has 2 aromatic rings. The lowest BCUT2D eigenvalue weighted by Gasteiger charge is -2.21. The summed E-state index contributed by atoms with van der Waals surface area (Å²) in [5.74, 6) is -3.17. The minimum atomic E-state index is -1.18. The molecule has 0 fully saturated rings. The molecule has 0 aliphatic heterocycles. The summed E-state index contributed by atoms with van der Waals surface area (Å²) in [7, 11) is 0. The molecule has 0 aliphatic rings. The maximum absolute atomic E-state index is 13.4. The van der Waals surface area contributed by atoms with Crippen molar-refractivity contribution in [2.45, 2.75) is 26.1 Å². The number of esters is 4. The van der Waals surface area contributed by atoms with Gasteiger partial charge in [0, 0.05) is 11.1 Å². The predicted octanol–water partition coefficient (Wildman–Crippen LogP) is 3.40. The van der Waals surface area contributed by atoms with Gasteiger partial charge in [0.2, 0.25) is 0 Å². The van der Waals surface area contributed by atoms with Crippen LogP contribution < -0.4 is 0 Å². The van der Waals surface area contributed by atoms with Gasteiger partial charge < -0.3 is 29.2 Å². The quantitative estimate of drug-likeness (QED) is 0.203. The number of aliphatic hydroxyl groups is 2. The van der Waals surface area contributed by atoms with Crippen LogP contribution in [0.5, 0.6) is 0 Å². The number of carbonyl (C=O) groups is 4. The van der Waals surface area contributed by atoms with Crippen molar-refractivity contribution in [3.05, 3.63) is 84.0 Å². The van der Waals surface area contributed by atoms with Crippen LogP contribution in [-0.2, 0) is 28.5 Å². The molecule has 0 bridgehead atoms. The van der Waals surface area contributed by atoms with Crippen LogP contribution in [0.15, 0.2) is 61.7 Å². The highest BCUT2D eigenvalue weighted by atomic mass is 16.6. The van der Waals surface area contributed by atoms with Crippen LogP contribution in [0.4, 0.5) is 0 Å². The second kappa shape index (κ2) is 14.6. The van der Waals surface area contributed by atoms with E-state index in [1.54, 1.807) is 24.3 Å². The summed E-state index contributed by atoms with van der Waals surface area (Å²) in [5, 5.41) is 20.0. The third kappa shape index (κ3) is 7.52. The molecule has 2 aromatic carbocycles. The lowest BCUT2D eigenvalue weighted by molar-refractivity contribution is -0.143. The summed E-state index contributed by atoms with van der Waals surface area (Å²) in [5.41, 5.74) is 0.703. The van der Waals surface area contributed by atoms with Gasteiger partial charge in [0.15, 0.2) is 12.2 Å². The van der Waals surface area contributed by atoms with E-state index in [2.05, 4.69) is 26.3 Å². The molecule has 0 saturated carbocycles. The molecule has 0 aliphatic carbocycles. The van der Waals surface area contributed by atoms with Gasteiger partial charge in [-0.25, -0.2) is 19.2 Å². The summed E-state index contributed by atoms with van der Waals surface area (Å²) in [6.07, 6.45) is 0.307. The van der Waals surface area contributed by atoms with Gasteiger partial charge in [-0.1, -0.05) is 62.7 Å². The van der Waals surface area contributed by atoms with Gasteiger partial charge in [-0.3, -0.25) is 0 Å². The highest BCUT2D eigenvalue weighted by Gasteiger charge is 2.29. The molecule has 0 spiro atoms. The topological polar surface area (TPSA) is 146 Å². The fourth-order valence-corrected chi connectivity index (χ4v) is 3.59. The molecule has 0 amide bonds. The number of benzene rings is 2. The van der Waals surface area contributed by atoms with Gasteiger partial charge in [0.1, 0.15) is 13.2 Å². The van der Waals surface area contributed by atoms with E-state index in [1.807, 2.05) is 0 Å². The zero-order chi connectivity index (χ0) is 30.0. The molecule has 0 saturated heterocycles. The van der Waals surface area contributed by atoms with Gasteiger partial charge >= 0.3 is 23.9 Å². The molecule has 2 atom stereocenters. The number of fused-ring (bicyclic) bond motifs is 1. The van der Waals surface area contributed by atoms with Crippen molar-refractivity contribution in [3.8, 4) is 0 Å². The first kappa shape index (κ1) is 31.7. The van der Waals surface area contributed by atoms with Gasteiger partial charge in [0.05, 0.1) is 24.3 Å². The Labute approximate surface area is 231 Å². The first-order chi connectivity index (χ1) is 19.0. The Balaban J connectivity index is 2.52. The predicted molar refractivity (Wildman–Crippen MR) is 148 cm³/mol. The van der Waals surface area contributed by atoms with Crippen molar-refractivity contribution in [1.29, 1.82) is 0 Å². The average molecular weight is 553 g/mol. The van der Waals surface area contributed by atoms with Crippen LogP contribution in [0.25, 0.3) is 22.9 Å². The van der Waals surface area contributed by atoms with Crippen molar-refractivity contribution in [2.75, 3.05) is 26.4 Å². The fourth-order valence-electron chi connectivity index (χ4n) is 3.59. The molecule has 0 aromatic heterocycles. The van der Waals surface area contributed by atoms with Gasteiger partial charge in [-0.05, 0) is 35.7 Å². The molecule has 0 radical (unpaired) electrons.